The summed E-state index contributed by atoms with van der Waals surface area (Å²) in [6.07, 6.45) is 84.0. The normalized spacial score (nSPS) is 13.9. The first kappa shape index (κ1) is 78.5. The van der Waals surface area contributed by atoms with Crippen LogP contribution in [0.2, 0.25) is 0 Å². The fourth-order valence-electron chi connectivity index (χ4n) is 10.6. The second-order valence-electron chi connectivity index (χ2n) is 25.3. The van der Waals surface area contributed by atoms with E-state index in [9.17, 15) is 19.4 Å². The minimum Gasteiger partial charge on any atom is -0.387 e. The highest BCUT2D eigenvalue weighted by Crippen LogP contribution is 2.43. The number of phosphoric ester groups is 1. The first-order chi connectivity index (χ1) is 39.0. The molecule has 0 rings (SSSR count). The first-order valence-corrected chi connectivity index (χ1v) is 36.5. The molecule has 0 aromatic heterocycles. The van der Waals surface area contributed by atoms with Gasteiger partial charge in [-0.1, -0.05) is 332 Å². The Hall–Kier alpha value is -1.54. The Morgan fingerprint density at radius 1 is 0.425 bits per heavy atom. The molecule has 9 heteroatoms. The summed E-state index contributed by atoms with van der Waals surface area (Å²) in [5, 5.41) is 14.0. The first-order valence-electron chi connectivity index (χ1n) is 35.0. The van der Waals surface area contributed by atoms with Crippen LogP contribution in [0.1, 0.15) is 348 Å². The summed E-state index contributed by atoms with van der Waals surface area (Å²) < 4.78 is 23.8. The van der Waals surface area contributed by atoms with Crippen molar-refractivity contribution in [3.63, 3.8) is 0 Å². The lowest BCUT2D eigenvalue weighted by atomic mass is 10.0. The van der Waals surface area contributed by atoms with E-state index in [1.165, 1.54) is 276 Å². The van der Waals surface area contributed by atoms with Crippen molar-refractivity contribution in [2.24, 2.45) is 0 Å². The second-order valence-corrected chi connectivity index (χ2v) is 26.7. The predicted molar refractivity (Wildman–Crippen MR) is 351 cm³/mol. The van der Waals surface area contributed by atoms with Crippen molar-refractivity contribution in [3.05, 3.63) is 48.6 Å². The number of phosphoric acid groups is 1. The lowest BCUT2D eigenvalue weighted by Gasteiger charge is -2.25. The molecule has 0 radical (unpaired) electrons. The molecule has 0 spiro atoms. The molecule has 0 bridgehead atoms. The van der Waals surface area contributed by atoms with Gasteiger partial charge >= 0.3 is 7.82 Å². The van der Waals surface area contributed by atoms with E-state index in [-0.39, 0.29) is 19.1 Å². The fourth-order valence-corrected chi connectivity index (χ4v) is 11.3. The minimum atomic E-state index is -4.35. The molecule has 0 saturated carbocycles. The van der Waals surface area contributed by atoms with Crippen molar-refractivity contribution >= 4 is 13.7 Å². The van der Waals surface area contributed by atoms with Gasteiger partial charge in [-0.2, -0.15) is 0 Å². The van der Waals surface area contributed by atoms with Gasteiger partial charge in [0.1, 0.15) is 13.2 Å². The van der Waals surface area contributed by atoms with Crippen LogP contribution in [-0.2, 0) is 18.4 Å². The lowest BCUT2D eigenvalue weighted by Crippen LogP contribution is -2.45. The summed E-state index contributed by atoms with van der Waals surface area (Å²) in [6.45, 7) is 4.85. The number of rotatable bonds is 65. The van der Waals surface area contributed by atoms with E-state index in [1.807, 2.05) is 27.2 Å². The number of quaternary nitrogens is 1. The highest BCUT2D eigenvalue weighted by Gasteiger charge is 2.28. The van der Waals surface area contributed by atoms with Crippen molar-refractivity contribution in [1.29, 1.82) is 0 Å². The van der Waals surface area contributed by atoms with Crippen LogP contribution in [0.3, 0.4) is 0 Å². The minimum absolute atomic E-state index is 0.0633. The van der Waals surface area contributed by atoms with Gasteiger partial charge in [-0.15, -0.1) is 0 Å². The average molecular weight is 1150 g/mol. The van der Waals surface area contributed by atoms with E-state index in [2.05, 4.69) is 55.6 Å². The van der Waals surface area contributed by atoms with Crippen molar-refractivity contribution < 1.29 is 32.9 Å². The molecule has 1 amide bonds. The second kappa shape index (κ2) is 62.0. The molecule has 0 aromatic carbocycles. The number of aliphatic hydroxyl groups excluding tert-OH is 1. The molecule has 3 N–H and O–H groups in total. The third kappa shape index (κ3) is 64.0. The maximum atomic E-state index is 13.0. The molecule has 80 heavy (non-hydrogen) atoms. The number of hydrogen-bond donors (Lipinski definition) is 3. The average Bonchev–Trinajstić information content (AvgIpc) is 3.42. The standard InChI is InChI=1S/C71H137N2O6P/c1-6-8-10-12-14-16-18-20-22-24-26-27-28-29-30-31-32-33-34-35-36-37-38-39-40-41-42-43-44-45-47-49-51-53-55-57-59-61-63-65-71(75)72-69(68-79-80(76,77)78-67-66-73(3,4)5)70(74)64-62-60-58-56-54-52-50-48-46-25-23-21-19-17-15-13-11-9-7-2/h18,20,24,26,28-29,62,64,69-70,74H,6-17,19,21-23,25,27,30-61,63,65-68H2,1-5H3,(H-,72,75,76,77)/p+1/b20-18-,26-24-,29-28-,64-62+. The van der Waals surface area contributed by atoms with Crippen molar-refractivity contribution in [3.8, 4) is 0 Å². The van der Waals surface area contributed by atoms with Crippen LogP contribution in [0.5, 0.6) is 0 Å². The fraction of sp³-hybridized carbons (Fsp3) is 0.873. The number of carbonyl (C=O) groups is 1. The monoisotopic (exact) mass is 1150 g/mol. The molecule has 8 nitrogen and oxygen atoms in total. The molecule has 0 saturated heterocycles. The Balaban J connectivity index is 3.94. The summed E-state index contributed by atoms with van der Waals surface area (Å²) in [4.78, 5) is 23.4. The van der Waals surface area contributed by atoms with Crippen LogP contribution >= 0.6 is 7.82 Å². The van der Waals surface area contributed by atoms with E-state index in [0.29, 0.717) is 17.4 Å². The zero-order valence-electron chi connectivity index (χ0n) is 54.1. The van der Waals surface area contributed by atoms with Crippen LogP contribution in [0, 0.1) is 0 Å². The van der Waals surface area contributed by atoms with Gasteiger partial charge in [0, 0.05) is 6.42 Å². The van der Waals surface area contributed by atoms with E-state index in [0.717, 1.165) is 51.4 Å². The summed E-state index contributed by atoms with van der Waals surface area (Å²) in [6, 6.07) is -0.846. The Bertz CT molecular complexity index is 1440. The molecule has 472 valence electrons. The predicted octanol–water partition coefficient (Wildman–Crippen LogP) is 22.2. The topological polar surface area (TPSA) is 105 Å². The molecule has 3 unspecified atom stereocenters. The van der Waals surface area contributed by atoms with Gasteiger partial charge in [-0.3, -0.25) is 13.8 Å². The van der Waals surface area contributed by atoms with E-state index >= 15 is 0 Å². The lowest BCUT2D eigenvalue weighted by molar-refractivity contribution is -0.870. The largest absolute Gasteiger partial charge is 0.472 e. The van der Waals surface area contributed by atoms with Crippen LogP contribution in [0.15, 0.2) is 48.6 Å². The number of unbranched alkanes of at least 4 members (excludes halogenated alkanes) is 46. The smallest absolute Gasteiger partial charge is 0.387 e. The zero-order valence-corrected chi connectivity index (χ0v) is 55.0. The van der Waals surface area contributed by atoms with E-state index in [1.54, 1.807) is 6.08 Å². The van der Waals surface area contributed by atoms with Crippen LogP contribution < -0.4 is 5.32 Å². The highest BCUT2D eigenvalue weighted by molar-refractivity contribution is 7.47. The number of allylic oxidation sites excluding steroid dienone is 7. The quantitative estimate of drug-likeness (QED) is 0.0243. The molecular formula is C71H138N2O6P+. The SMILES string of the molecule is CCCCCCC/C=C\C/C=C\C/C=C\CCCCCCCCCCCCCCCCCCCCCCCCCCC(=O)NC(COP(=O)(O)OCC[N+](C)(C)C)C(O)/C=C/CCCCCCCCCCCCCCCCCCC. The number of hydrogen-bond acceptors (Lipinski definition) is 5. The molecule has 3 atom stereocenters. The Labute approximate surface area is 499 Å². The van der Waals surface area contributed by atoms with Gasteiger partial charge in [-0.05, 0) is 57.8 Å². The van der Waals surface area contributed by atoms with Crippen LogP contribution in [-0.4, -0.2) is 73.4 Å². The third-order valence-electron chi connectivity index (χ3n) is 16.0. The van der Waals surface area contributed by atoms with Gasteiger partial charge in [0.2, 0.25) is 5.91 Å². The molecule has 0 aliphatic heterocycles. The van der Waals surface area contributed by atoms with Gasteiger partial charge < -0.3 is 19.8 Å². The summed E-state index contributed by atoms with van der Waals surface area (Å²) in [5.74, 6) is -0.170. The van der Waals surface area contributed by atoms with Crippen molar-refractivity contribution in [1.82, 2.24) is 5.32 Å². The molecular weight excluding hydrogens is 1010 g/mol. The van der Waals surface area contributed by atoms with Gasteiger partial charge in [-0.25, -0.2) is 4.57 Å². The Morgan fingerprint density at radius 2 is 0.713 bits per heavy atom. The third-order valence-corrected chi connectivity index (χ3v) is 17.0. The van der Waals surface area contributed by atoms with Crippen LogP contribution in [0.4, 0.5) is 0 Å². The van der Waals surface area contributed by atoms with Gasteiger partial charge in [0.05, 0.1) is 39.9 Å². The number of likely N-dealkylation sites (N-methyl/N-ethyl adjacent to an activating group) is 1. The number of nitrogens with zero attached hydrogens (tertiary/aromatic N) is 1. The molecule has 0 heterocycles. The number of carbonyl (C=O) groups excluding carboxylic acids is 1. The Morgan fingerprint density at radius 3 is 1.04 bits per heavy atom. The maximum absolute atomic E-state index is 13.0. The number of nitrogens with one attached hydrogen (secondary N) is 1. The summed E-state index contributed by atoms with van der Waals surface area (Å²) in [7, 11) is 1.59. The number of amides is 1. The summed E-state index contributed by atoms with van der Waals surface area (Å²) >= 11 is 0. The number of aliphatic hydroxyl groups is 1. The van der Waals surface area contributed by atoms with Crippen molar-refractivity contribution in [2.75, 3.05) is 40.9 Å². The molecule has 0 aromatic rings. The van der Waals surface area contributed by atoms with Gasteiger partial charge in [0.25, 0.3) is 0 Å². The van der Waals surface area contributed by atoms with Crippen molar-refractivity contribution in [2.45, 2.75) is 360 Å². The van der Waals surface area contributed by atoms with Gasteiger partial charge in [0.15, 0.2) is 0 Å². The highest BCUT2D eigenvalue weighted by atomic mass is 31.2. The van der Waals surface area contributed by atoms with Crippen LogP contribution in [0.25, 0.3) is 0 Å². The Kier molecular flexibility index (Phi) is 60.8. The summed E-state index contributed by atoms with van der Waals surface area (Å²) in [5.41, 5.74) is 0. The van der Waals surface area contributed by atoms with E-state index < -0.39 is 20.0 Å². The molecule has 0 aliphatic rings. The molecule has 0 fully saturated rings. The zero-order chi connectivity index (χ0) is 58.4. The van der Waals surface area contributed by atoms with E-state index in [4.69, 9.17) is 9.05 Å². The maximum Gasteiger partial charge on any atom is 0.472 e. The molecule has 0 aliphatic carbocycles.